The molecule has 0 aliphatic heterocycles. The summed E-state index contributed by atoms with van der Waals surface area (Å²) in [6, 6.07) is 4.19. The third-order valence-corrected chi connectivity index (χ3v) is 4.77. The van der Waals surface area contributed by atoms with E-state index in [0.717, 1.165) is 0 Å². The predicted molar refractivity (Wildman–Crippen MR) is 91.9 cm³/mol. The zero-order valence-electron chi connectivity index (χ0n) is 14.5. The second-order valence-electron chi connectivity index (χ2n) is 5.92. The molecule has 0 saturated carbocycles. The third-order valence-electron chi connectivity index (χ3n) is 3.30. The van der Waals surface area contributed by atoms with Crippen molar-refractivity contribution in [3.8, 4) is 0 Å². The van der Waals surface area contributed by atoms with Crippen LogP contribution >= 0.6 is 0 Å². The first kappa shape index (κ1) is 21.1. The van der Waals surface area contributed by atoms with Gasteiger partial charge in [-0.05, 0) is 30.5 Å². The van der Waals surface area contributed by atoms with E-state index in [0.29, 0.717) is 13.2 Å². The minimum absolute atomic E-state index is 0.00157. The molecular formula is C16H24N2O6S. The molecule has 1 rings (SSSR count). The van der Waals surface area contributed by atoms with Crippen LogP contribution in [0.4, 0.5) is 0 Å². The number of hydrogen-bond acceptors (Lipinski definition) is 5. The summed E-state index contributed by atoms with van der Waals surface area (Å²) in [5.41, 5.74) is 0.162. The molecule has 0 bridgehead atoms. The van der Waals surface area contributed by atoms with Gasteiger partial charge >= 0.3 is 5.97 Å². The van der Waals surface area contributed by atoms with Gasteiger partial charge < -0.3 is 15.2 Å². The van der Waals surface area contributed by atoms with Crippen molar-refractivity contribution in [3.63, 3.8) is 0 Å². The lowest BCUT2D eigenvalue weighted by Gasteiger charge is -2.17. The highest BCUT2D eigenvalue weighted by atomic mass is 32.2. The van der Waals surface area contributed by atoms with E-state index in [9.17, 15) is 23.1 Å². The number of carboxylic acid groups (broad SMARTS) is 1. The number of ether oxygens (including phenoxy) is 1. The molecule has 0 spiro atoms. The Bertz CT molecular complexity index is 702. The molecule has 0 heterocycles. The van der Waals surface area contributed by atoms with Crippen molar-refractivity contribution in [1.29, 1.82) is 0 Å². The Labute approximate surface area is 147 Å². The monoisotopic (exact) mass is 372 g/mol. The maximum Gasteiger partial charge on any atom is 0.321 e. The van der Waals surface area contributed by atoms with Crippen molar-refractivity contribution < 1.29 is 27.9 Å². The highest BCUT2D eigenvalue weighted by molar-refractivity contribution is 7.89. The number of methoxy groups -OCH3 is 1. The zero-order chi connectivity index (χ0) is 19.0. The number of nitrogens with one attached hydrogen (secondary N) is 2. The SMILES string of the molecule is COCCNC(=O)c1cccc(S(=O)(=O)NC(CC(C)C)C(=O)O)c1. The van der Waals surface area contributed by atoms with Crippen molar-refractivity contribution in [2.75, 3.05) is 20.3 Å². The summed E-state index contributed by atoms with van der Waals surface area (Å²) in [5, 5.41) is 11.8. The maximum absolute atomic E-state index is 12.4. The van der Waals surface area contributed by atoms with Gasteiger partial charge in [-0.1, -0.05) is 19.9 Å². The number of hydrogen-bond donors (Lipinski definition) is 3. The Morgan fingerprint density at radius 1 is 1.28 bits per heavy atom. The Hall–Kier alpha value is -1.97. The zero-order valence-corrected chi connectivity index (χ0v) is 15.3. The summed E-state index contributed by atoms with van der Waals surface area (Å²) < 4.78 is 31.9. The normalized spacial score (nSPS) is 12.8. The van der Waals surface area contributed by atoms with E-state index < -0.39 is 27.9 Å². The fourth-order valence-corrected chi connectivity index (χ4v) is 3.35. The van der Waals surface area contributed by atoms with Crippen LogP contribution in [0.15, 0.2) is 29.2 Å². The lowest BCUT2D eigenvalue weighted by molar-refractivity contribution is -0.139. The Balaban J connectivity index is 2.96. The number of sulfonamides is 1. The molecule has 140 valence electrons. The number of rotatable bonds is 10. The first-order valence-corrected chi connectivity index (χ1v) is 9.28. The predicted octanol–water partition coefficient (Wildman–Crippen LogP) is 0.840. The molecule has 0 fully saturated rings. The summed E-state index contributed by atoms with van der Waals surface area (Å²) in [4.78, 5) is 23.1. The van der Waals surface area contributed by atoms with Crippen LogP contribution in [0, 0.1) is 5.92 Å². The number of benzene rings is 1. The second kappa shape index (κ2) is 9.50. The molecule has 1 unspecified atom stereocenters. The van der Waals surface area contributed by atoms with Gasteiger partial charge in [0.25, 0.3) is 5.91 Å². The van der Waals surface area contributed by atoms with Crippen molar-refractivity contribution in [1.82, 2.24) is 10.0 Å². The summed E-state index contributed by atoms with van der Waals surface area (Å²) in [5.74, 6) is -1.68. The van der Waals surface area contributed by atoms with Gasteiger partial charge in [-0.2, -0.15) is 4.72 Å². The van der Waals surface area contributed by atoms with E-state index >= 15 is 0 Å². The van der Waals surface area contributed by atoms with Crippen molar-refractivity contribution >= 4 is 21.9 Å². The largest absolute Gasteiger partial charge is 0.480 e. The molecule has 0 saturated heterocycles. The van der Waals surface area contributed by atoms with E-state index in [1.807, 2.05) is 0 Å². The molecule has 0 radical (unpaired) electrons. The second-order valence-corrected chi connectivity index (χ2v) is 7.63. The molecule has 0 aliphatic carbocycles. The van der Waals surface area contributed by atoms with Crippen molar-refractivity contribution in [2.45, 2.75) is 31.2 Å². The van der Waals surface area contributed by atoms with E-state index in [-0.39, 0.29) is 22.8 Å². The van der Waals surface area contributed by atoms with Crippen LogP contribution in [0.1, 0.15) is 30.6 Å². The van der Waals surface area contributed by atoms with Crippen LogP contribution in [-0.2, 0) is 19.6 Å². The summed E-state index contributed by atoms with van der Waals surface area (Å²) in [6.07, 6.45) is 0.158. The van der Waals surface area contributed by atoms with E-state index in [1.54, 1.807) is 13.8 Å². The molecule has 1 amide bonds. The summed E-state index contributed by atoms with van der Waals surface area (Å²) >= 11 is 0. The molecule has 0 aromatic heterocycles. The third kappa shape index (κ3) is 6.81. The highest BCUT2D eigenvalue weighted by Gasteiger charge is 2.26. The van der Waals surface area contributed by atoms with Crippen LogP contribution in [-0.4, -0.2) is 51.7 Å². The van der Waals surface area contributed by atoms with Crippen LogP contribution in [0.3, 0.4) is 0 Å². The number of carbonyl (C=O) groups excluding carboxylic acids is 1. The quantitative estimate of drug-likeness (QED) is 0.523. The standard InChI is InChI=1S/C16H24N2O6S/c1-11(2)9-14(16(20)21)18-25(22,23)13-6-4-5-12(10-13)15(19)17-7-8-24-3/h4-6,10-11,14,18H,7-9H2,1-3H3,(H,17,19)(H,20,21). The maximum atomic E-state index is 12.4. The van der Waals surface area contributed by atoms with E-state index in [4.69, 9.17) is 4.74 Å². The van der Waals surface area contributed by atoms with E-state index in [1.165, 1.54) is 31.4 Å². The van der Waals surface area contributed by atoms with Crippen LogP contribution in [0.2, 0.25) is 0 Å². The molecule has 9 heteroatoms. The number of carboxylic acids is 1. The van der Waals surface area contributed by atoms with Crippen molar-refractivity contribution in [3.05, 3.63) is 29.8 Å². The lowest BCUT2D eigenvalue weighted by atomic mass is 10.1. The van der Waals surface area contributed by atoms with E-state index in [2.05, 4.69) is 10.0 Å². The van der Waals surface area contributed by atoms with Gasteiger partial charge in [0.05, 0.1) is 11.5 Å². The number of amides is 1. The number of carbonyl (C=O) groups is 2. The summed E-state index contributed by atoms with van der Waals surface area (Å²) in [7, 11) is -2.57. The van der Waals surface area contributed by atoms with Crippen molar-refractivity contribution in [2.24, 2.45) is 5.92 Å². The fraction of sp³-hybridized carbons (Fsp3) is 0.500. The molecule has 1 aromatic carbocycles. The molecule has 1 aromatic rings. The molecule has 25 heavy (non-hydrogen) atoms. The molecule has 3 N–H and O–H groups in total. The molecule has 1 atom stereocenters. The molecule has 8 nitrogen and oxygen atoms in total. The van der Waals surface area contributed by atoms with Crippen LogP contribution in [0.25, 0.3) is 0 Å². The average Bonchev–Trinajstić information content (AvgIpc) is 2.53. The van der Waals surface area contributed by atoms with Gasteiger partial charge in [-0.3, -0.25) is 9.59 Å². The minimum atomic E-state index is -4.07. The van der Waals surface area contributed by atoms with Gasteiger partial charge in [0.15, 0.2) is 0 Å². The molecule has 0 aliphatic rings. The summed E-state index contributed by atoms with van der Waals surface area (Å²) in [6.45, 7) is 4.23. The first-order chi connectivity index (χ1) is 11.7. The van der Waals surface area contributed by atoms with Gasteiger partial charge in [0.1, 0.15) is 6.04 Å². The Morgan fingerprint density at radius 2 is 1.96 bits per heavy atom. The highest BCUT2D eigenvalue weighted by Crippen LogP contribution is 2.14. The topological polar surface area (TPSA) is 122 Å². The first-order valence-electron chi connectivity index (χ1n) is 7.79. The Kier molecular flexibility index (Phi) is 8.01. The van der Waals surface area contributed by atoms with Gasteiger partial charge in [0.2, 0.25) is 10.0 Å². The Morgan fingerprint density at radius 3 is 2.52 bits per heavy atom. The van der Waals surface area contributed by atoms with Crippen LogP contribution in [0.5, 0.6) is 0 Å². The lowest BCUT2D eigenvalue weighted by Crippen LogP contribution is -2.41. The minimum Gasteiger partial charge on any atom is -0.480 e. The smallest absolute Gasteiger partial charge is 0.321 e. The number of aliphatic carboxylic acids is 1. The molecular weight excluding hydrogens is 348 g/mol. The van der Waals surface area contributed by atoms with Gasteiger partial charge in [-0.25, -0.2) is 8.42 Å². The van der Waals surface area contributed by atoms with Gasteiger partial charge in [0, 0.05) is 19.2 Å². The fourth-order valence-electron chi connectivity index (χ4n) is 2.10. The average molecular weight is 372 g/mol. The van der Waals surface area contributed by atoms with Crippen LogP contribution < -0.4 is 10.0 Å². The van der Waals surface area contributed by atoms with Gasteiger partial charge in [-0.15, -0.1) is 0 Å².